The molecule has 0 fully saturated rings. The van der Waals surface area contributed by atoms with E-state index in [0.717, 1.165) is 0 Å². The molecule has 2 aromatic carbocycles. The molecule has 3 rings (SSSR count). The Balaban J connectivity index is 0.00000243. The van der Waals surface area contributed by atoms with E-state index in [0.29, 0.717) is 0 Å². The summed E-state index contributed by atoms with van der Waals surface area (Å²) in [4.78, 5) is 2.12. The van der Waals surface area contributed by atoms with Crippen LogP contribution in [0, 0.1) is 0 Å². The van der Waals surface area contributed by atoms with Crippen molar-refractivity contribution in [3.05, 3.63) is 95.6 Å². The third kappa shape index (κ3) is 4.41. The van der Waals surface area contributed by atoms with Crippen LogP contribution in [-0.2, 0) is 0 Å². The number of anilines is 1. The second-order valence-corrected chi connectivity index (χ2v) is 6.62. The van der Waals surface area contributed by atoms with Crippen LogP contribution in [0.3, 0.4) is 0 Å². The number of nitrogens with zero attached hydrogens (tertiary/aromatic N) is 2. The fourth-order valence-corrected chi connectivity index (χ4v) is 2.96. The van der Waals surface area contributed by atoms with Gasteiger partial charge in [0.15, 0.2) is 5.71 Å². The maximum atomic E-state index is 2.21. The summed E-state index contributed by atoms with van der Waals surface area (Å²) >= 11 is 0. The Labute approximate surface area is 167 Å². The molecule has 2 aromatic rings. The predicted molar refractivity (Wildman–Crippen MR) is 109 cm³/mol. The van der Waals surface area contributed by atoms with Gasteiger partial charge in [0, 0.05) is 31.9 Å². The summed E-state index contributed by atoms with van der Waals surface area (Å²) in [6, 6.07) is 19.4. The van der Waals surface area contributed by atoms with E-state index in [9.17, 15) is 0 Å². The molecule has 134 valence electrons. The van der Waals surface area contributed by atoms with E-state index in [-0.39, 0.29) is 17.0 Å². The van der Waals surface area contributed by atoms with Gasteiger partial charge in [0.05, 0.1) is 0 Å². The Morgan fingerprint density at radius 2 is 1.27 bits per heavy atom. The van der Waals surface area contributed by atoms with Crippen molar-refractivity contribution in [1.82, 2.24) is 0 Å². The zero-order valence-electron chi connectivity index (χ0n) is 15.8. The molecule has 0 radical (unpaired) electrons. The normalized spacial score (nSPS) is 12.6. The molecule has 3 heteroatoms. The third-order valence-corrected chi connectivity index (χ3v) is 4.41. The summed E-state index contributed by atoms with van der Waals surface area (Å²) in [6.07, 6.45) is 8.76. The minimum Gasteiger partial charge on any atom is -1.00 e. The first-order chi connectivity index (χ1) is 12.1. The zero-order chi connectivity index (χ0) is 17.8. The minimum atomic E-state index is 0. The van der Waals surface area contributed by atoms with Crippen molar-refractivity contribution in [3.63, 3.8) is 0 Å². The molecule has 0 unspecified atom stereocenters. The lowest BCUT2D eigenvalue weighted by molar-refractivity contribution is -0.462. The van der Waals surface area contributed by atoms with Gasteiger partial charge in [-0.15, -0.1) is 0 Å². The van der Waals surface area contributed by atoms with E-state index in [4.69, 9.17) is 0 Å². The van der Waals surface area contributed by atoms with Gasteiger partial charge in [-0.1, -0.05) is 42.5 Å². The SMILES string of the molecule is CN(C)c1ccc(C(=C2C=CC(=[N+](C)C)C=C2)c2ccccc2)cc1.[Br-]. The molecule has 1 aliphatic carbocycles. The second-order valence-electron chi connectivity index (χ2n) is 6.62. The molecule has 0 saturated carbocycles. The molecule has 0 spiro atoms. The summed E-state index contributed by atoms with van der Waals surface area (Å²) in [6.45, 7) is 0. The number of hydrogen-bond donors (Lipinski definition) is 0. The van der Waals surface area contributed by atoms with Gasteiger partial charge in [-0.05, 0) is 46.6 Å². The Morgan fingerprint density at radius 3 is 1.77 bits per heavy atom. The van der Waals surface area contributed by atoms with Gasteiger partial charge in [0.2, 0.25) is 0 Å². The Kier molecular flexibility index (Phi) is 6.76. The van der Waals surface area contributed by atoms with Crippen molar-refractivity contribution in [1.29, 1.82) is 0 Å². The molecule has 0 amide bonds. The number of rotatable bonds is 3. The van der Waals surface area contributed by atoms with Crippen LogP contribution < -0.4 is 21.9 Å². The molecule has 0 N–H and O–H groups in total. The molecule has 0 atom stereocenters. The highest BCUT2D eigenvalue weighted by Crippen LogP contribution is 2.30. The minimum absolute atomic E-state index is 0. The van der Waals surface area contributed by atoms with Gasteiger partial charge >= 0.3 is 0 Å². The van der Waals surface area contributed by atoms with Crippen LogP contribution in [0.5, 0.6) is 0 Å². The molecule has 26 heavy (non-hydrogen) atoms. The molecule has 2 nitrogen and oxygen atoms in total. The quantitative estimate of drug-likeness (QED) is 0.695. The molecule has 0 saturated heterocycles. The van der Waals surface area contributed by atoms with E-state index in [1.807, 2.05) is 0 Å². The number of halogens is 1. The van der Waals surface area contributed by atoms with E-state index >= 15 is 0 Å². The lowest BCUT2D eigenvalue weighted by Crippen LogP contribution is -3.00. The topological polar surface area (TPSA) is 6.25 Å². The van der Waals surface area contributed by atoms with Gasteiger partial charge in [0.1, 0.15) is 14.1 Å². The highest BCUT2D eigenvalue weighted by molar-refractivity contribution is 6.03. The molecule has 0 aliphatic heterocycles. The largest absolute Gasteiger partial charge is 1.00 e. The first-order valence-corrected chi connectivity index (χ1v) is 8.54. The number of hydrogen-bond acceptors (Lipinski definition) is 1. The smallest absolute Gasteiger partial charge is 0.199 e. The standard InChI is InChI=1S/C23H25N2.BrH/c1-24(2)21-14-10-19(11-15-21)23(18-8-6-5-7-9-18)20-12-16-22(17-13-20)25(3)4;/h5-17H,1-4H3;1H/q+1;/p-1. The van der Waals surface area contributed by atoms with Crippen molar-refractivity contribution in [2.24, 2.45) is 0 Å². The predicted octanol–water partition coefficient (Wildman–Crippen LogP) is 1.40. The summed E-state index contributed by atoms with van der Waals surface area (Å²) in [7, 11) is 8.27. The van der Waals surface area contributed by atoms with Crippen LogP contribution in [0.4, 0.5) is 5.69 Å². The van der Waals surface area contributed by atoms with Crippen LogP contribution in [0.1, 0.15) is 11.1 Å². The van der Waals surface area contributed by atoms with Crippen molar-refractivity contribution in [2.75, 3.05) is 33.1 Å². The van der Waals surface area contributed by atoms with Gasteiger partial charge in [-0.25, -0.2) is 4.58 Å². The molecular weight excluding hydrogens is 384 g/mol. The maximum Gasteiger partial charge on any atom is 0.199 e. The molecule has 0 heterocycles. The second kappa shape index (κ2) is 8.81. The monoisotopic (exact) mass is 408 g/mol. The summed E-state index contributed by atoms with van der Waals surface area (Å²) in [5, 5.41) is 0. The lowest BCUT2D eigenvalue weighted by atomic mass is 9.90. The average Bonchev–Trinajstić information content (AvgIpc) is 2.64. The van der Waals surface area contributed by atoms with Gasteiger partial charge in [-0.2, -0.15) is 0 Å². The highest BCUT2D eigenvalue weighted by atomic mass is 79.9. The Hall–Kier alpha value is -2.39. The first-order valence-electron chi connectivity index (χ1n) is 8.54. The summed E-state index contributed by atoms with van der Waals surface area (Å²) in [5.41, 5.74) is 7.37. The summed E-state index contributed by atoms with van der Waals surface area (Å²) < 4.78 is 2.12. The van der Waals surface area contributed by atoms with Gasteiger partial charge in [0.25, 0.3) is 0 Å². The van der Waals surface area contributed by atoms with Crippen LogP contribution in [0.2, 0.25) is 0 Å². The van der Waals surface area contributed by atoms with Gasteiger partial charge < -0.3 is 21.9 Å². The van der Waals surface area contributed by atoms with E-state index in [1.165, 1.54) is 33.7 Å². The first kappa shape index (κ1) is 19.9. The Morgan fingerprint density at radius 1 is 0.731 bits per heavy atom. The van der Waals surface area contributed by atoms with Crippen LogP contribution in [0.25, 0.3) is 5.57 Å². The van der Waals surface area contributed by atoms with Crippen LogP contribution in [-0.4, -0.2) is 38.5 Å². The maximum absolute atomic E-state index is 2.21. The molecule has 0 aromatic heterocycles. The molecule has 0 bridgehead atoms. The Bertz CT molecular complexity index is 848. The van der Waals surface area contributed by atoms with E-state index in [1.54, 1.807) is 0 Å². The average molecular weight is 409 g/mol. The fraction of sp³-hybridized carbons (Fsp3) is 0.174. The van der Waals surface area contributed by atoms with E-state index < -0.39 is 0 Å². The lowest BCUT2D eigenvalue weighted by Gasteiger charge is -2.16. The number of benzene rings is 2. The summed E-state index contributed by atoms with van der Waals surface area (Å²) in [5.74, 6) is 0. The van der Waals surface area contributed by atoms with Crippen LogP contribution >= 0.6 is 0 Å². The third-order valence-electron chi connectivity index (χ3n) is 4.41. The zero-order valence-corrected chi connectivity index (χ0v) is 17.4. The van der Waals surface area contributed by atoms with Crippen molar-refractivity contribution in [2.45, 2.75) is 0 Å². The van der Waals surface area contributed by atoms with Crippen molar-refractivity contribution < 1.29 is 21.6 Å². The molecule has 1 aliphatic rings. The fourth-order valence-electron chi connectivity index (χ4n) is 2.96. The highest BCUT2D eigenvalue weighted by Gasteiger charge is 2.13. The van der Waals surface area contributed by atoms with Crippen molar-refractivity contribution in [3.8, 4) is 0 Å². The van der Waals surface area contributed by atoms with Crippen LogP contribution in [0.15, 0.2) is 84.5 Å². The molecular formula is C23H25BrN2. The van der Waals surface area contributed by atoms with E-state index in [2.05, 4.69) is 117 Å². The van der Waals surface area contributed by atoms with Gasteiger partial charge in [-0.3, -0.25) is 0 Å². The van der Waals surface area contributed by atoms with Crippen molar-refractivity contribution >= 4 is 17.0 Å². The number of allylic oxidation sites excluding steroid dienone is 5.